The molecule has 0 aromatic heterocycles. The summed E-state index contributed by atoms with van der Waals surface area (Å²) in [7, 11) is -3.83. The Morgan fingerprint density at radius 1 is 1.12 bits per heavy atom. The number of morpholine rings is 1. The van der Waals surface area contributed by atoms with E-state index in [1.54, 1.807) is 13.8 Å². The molecule has 1 saturated carbocycles. The first-order valence-corrected chi connectivity index (χ1v) is 12.1. The van der Waals surface area contributed by atoms with Crippen molar-refractivity contribution in [1.82, 2.24) is 14.9 Å². The molecule has 2 aliphatic rings. The third kappa shape index (κ3) is 6.27. The van der Waals surface area contributed by atoms with Gasteiger partial charge < -0.3 is 14.8 Å². The van der Waals surface area contributed by atoms with Gasteiger partial charge in [0.25, 0.3) is 5.91 Å². The van der Waals surface area contributed by atoms with Crippen LogP contribution in [0.3, 0.4) is 0 Å². The van der Waals surface area contributed by atoms with Gasteiger partial charge in [-0.15, -0.1) is 0 Å². The van der Waals surface area contributed by atoms with Crippen LogP contribution in [0.15, 0.2) is 29.2 Å². The molecule has 1 heterocycles. The maximum absolute atomic E-state index is 13.0. The molecule has 1 aliphatic heterocycles. The third-order valence-corrected chi connectivity index (χ3v) is 7.20. The summed E-state index contributed by atoms with van der Waals surface area (Å²) in [5, 5.41) is 4.82. The van der Waals surface area contributed by atoms with Crippen molar-refractivity contribution in [3.8, 4) is 0 Å². The molecule has 3 rings (SSSR count). The Balaban J connectivity index is 1.56. The van der Waals surface area contributed by atoms with Gasteiger partial charge in [0.15, 0.2) is 6.61 Å². The van der Waals surface area contributed by atoms with Gasteiger partial charge in [0.05, 0.1) is 22.7 Å². The third-order valence-electron chi connectivity index (χ3n) is 5.37. The molecule has 10 nitrogen and oxygen atoms in total. The lowest BCUT2D eigenvalue weighted by Crippen LogP contribution is -2.48. The van der Waals surface area contributed by atoms with E-state index < -0.39 is 34.5 Å². The number of nitrogens with zero attached hydrogens (tertiary/aromatic N) is 1. The van der Waals surface area contributed by atoms with Crippen molar-refractivity contribution in [3.63, 3.8) is 0 Å². The first kappa shape index (κ1) is 24.1. The highest BCUT2D eigenvalue weighted by molar-refractivity contribution is 7.89. The fourth-order valence-electron chi connectivity index (χ4n) is 3.93. The molecule has 2 N–H and O–H groups in total. The van der Waals surface area contributed by atoms with Crippen LogP contribution in [0.2, 0.25) is 0 Å². The van der Waals surface area contributed by atoms with E-state index in [-0.39, 0.29) is 41.8 Å². The van der Waals surface area contributed by atoms with Gasteiger partial charge in [0.1, 0.15) is 0 Å². The van der Waals surface area contributed by atoms with Crippen LogP contribution >= 0.6 is 0 Å². The molecule has 1 aromatic carbocycles. The molecule has 3 amide bonds. The topological polar surface area (TPSA) is 131 Å². The highest BCUT2D eigenvalue weighted by Gasteiger charge is 2.32. The number of amides is 3. The molecular formula is C21H29N3O7S. The number of sulfonamides is 1. The van der Waals surface area contributed by atoms with Gasteiger partial charge in [0, 0.05) is 19.1 Å². The molecule has 11 heteroatoms. The number of nitrogens with one attached hydrogen (secondary N) is 2. The largest absolute Gasteiger partial charge is 0.452 e. The number of carbonyl (C=O) groups excluding carboxylic acids is 3. The zero-order chi connectivity index (χ0) is 23.3. The van der Waals surface area contributed by atoms with E-state index >= 15 is 0 Å². The SMILES string of the molecule is CC1CN(S(=O)(=O)c2cccc(C(=O)OCC(=O)NC(=O)NC3CCCC3)c2)CC(C)O1. The molecule has 0 radical (unpaired) electrons. The lowest BCUT2D eigenvalue weighted by Gasteiger charge is -2.34. The number of urea groups is 1. The Morgan fingerprint density at radius 3 is 2.44 bits per heavy atom. The van der Waals surface area contributed by atoms with Gasteiger partial charge in [-0.25, -0.2) is 18.0 Å². The Morgan fingerprint density at radius 2 is 1.78 bits per heavy atom. The fraction of sp³-hybridized carbons (Fsp3) is 0.571. The molecule has 2 atom stereocenters. The zero-order valence-electron chi connectivity index (χ0n) is 18.2. The van der Waals surface area contributed by atoms with Crippen LogP contribution < -0.4 is 10.6 Å². The van der Waals surface area contributed by atoms with Crippen molar-refractivity contribution in [2.24, 2.45) is 0 Å². The first-order chi connectivity index (χ1) is 15.1. The highest BCUT2D eigenvalue weighted by Crippen LogP contribution is 2.22. The minimum Gasteiger partial charge on any atom is -0.452 e. The second kappa shape index (κ2) is 10.4. The van der Waals surface area contributed by atoms with Crippen LogP contribution in [-0.4, -0.2) is 68.6 Å². The minimum absolute atomic E-state index is 0.0105. The summed E-state index contributed by atoms with van der Waals surface area (Å²) in [6.45, 7) is 3.36. The molecule has 32 heavy (non-hydrogen) atoms. The van der Waals surface area contributed by atoms with Gasteiger partial charge in [-0.3, -0.25) is 10.1 Å². The Labute approximate surface area is 187 Å². The summed E-state index contributed by atoms with van der Waals surface area (Å²) in [5.41, 5.74) is -0.0105. The van der Waals surface area contributed by atoms with Gasteiger partial charge in [-0.2, -0.15) is 4.31 Å². The van der Waals surface area contributed by atoms with Crippen molar-refractivity contribution in [3.05, 3.63) is 29.8 Å². The number of esters is 1. The van der Waals surface area contributed by atoms with Crippen LogP contribution in [0, 0.1) is 0 Å². The van der Waals surface area contributed by atoms with Crippen LogP contribution in [0.25, 0.3) is 0 Å². The normalized spacial score (nSPS) is 22.3. The molecule has 1 aliphatic carbocycles. The van der Waals surface area contributed by atoms with Crippen LogP contribution in [0.4, 0.5) is 4.79 Å². The summed E-state index contributed by atoms with van der Waals surface area (Å²) < 4.78 is 37.8. The van der Waals surface area contributed by atoms with Gasteiger partial charge >= 0.3 is 12.0 Å². The molecule has 0 spiro atoms. The number of ether oxygens (including phenoxy) is 2. The Hall–Kier alpha value is -2.50. The summed E-state index contributed by atoms with van der Waals surface area (Å²) in [6, 6.07) is 4.87. The van der Waals surface area contributed by atoms with Gasteiger partial charge in [-0.1, -0.05) is 18.9 Å². The first-order valence-electron chi connectivity index (χ1n) is 10.7. The number of hydrogen-bond acceptors (Lipinski definition) is 7. The van der Waals surface area contributed by atoms with E-state index in [4.69, 9.17) is 9.47 Å². The predicted octanol–water partition coefficient (Wildman–Crippen LogP) is 1.41. The number of rotatable bonds is 6. The fourth-order valence-corrected chi connectivity index (χ4v) is 5.57. The number of hydrogen-bond donors (Lipinski definition) is 2. The molecule has 1 saturated heterocycles. The van der Waals surface area contributed by atoms with Crippen molar-refractivity contribution in [2.45, 2.75) is 62.7 Å². The predicted molar refractivity (Wildman–Crippen MR) is 114 cm³/mol. The second-order valence-corrected chi connectivity index (χ2v) is 10.1. The van der Waals surface area contributed by atoms with E-state index in [2.05, 4.69) is 10.6 Å². The zero-order valence-corrected chi connectivity index (χ0v) is 19.0. The van der Waals surface area contributed by atoms with E-state index in [9.17, 15) is 22.8 Å². The Kier molecular flexibility index (Phi) is 7.86. The summed E-state index contributed by atoms with van der Waals surface area (Å²) in [4.78, 5) is 36.0. The van der Waals surface area contributed by atoms with Crippen LogP contribution in [-0.2, 0) is 24.3 Å². The lowest BCUT2D eigenvalue weighted by molar-refractivity contribution is -0.123. The van der Waals surface area contributed by atoms with Crippen molar-refractivity contribution >= 4 is 27.9 Å². The smallest absolute Gasteiger partial charge is 0.338 e. The van der Waals surface area contributed by atoms with Crippen molar-refractivity contribution in [1.29, 1.82) is 0 Å². The summed E-state index contributed by atoms with van der Waals surface area (Å²) >= 11 is 0. The number of imide groups is 1. The lowest BCUT2D eigenvalue weighted by atomic mass is 10.2. The molecule has 2 unspecified atom stereocenters. The second-order valence-electron chi connectivity index (χ2n) is 8.19. The van der Waals surface area contributed by atoms with E-state index in [0.29, 0.717) is 0 Å². The molecule has 1 aromatic rings. The number of benzene rings is 1. The number of carbonyl (C=O) groups is 3. The average molecular weight is 468 g/mol. The van der Waals surface area contributed by atoms with Crippen LogP contribution in [0.1, 0.15) is 49.9 Å². The van der Waals surface area contributed by atoms with E-state index in [1.165, 1.54) is 28.6 Å². The van der Waals surface area contributed by atoms with Gasteiger partial charge in [-0.05, 0) is 44.9 Å². The molecule has 176 valence electrons. The highest BCUT2D eigenvalue weighted by atomic mass is 32.2. The van der Waals surface area contributed by atoms with Crippen LogP contribution in [0.5, 0.6) is 0 Å². The van der Waals surface area contributed by atoms with E-state index in [0.717, 1.165) is 25.7 Å². The van der Waals surface area contributed by atoms with E-state index in [1.807, 2.05) is 0 Å². The maximum atomic E-state index is 13.0. The molecule has 2 fully saturated rings. The molecule has 0 bridgehead atoms. The minimum atomic E-state index is -3.83. The summed E-state index contributed by atoms with van der Waals surface area (Å²) in [5.74, 6) is -1.63. The summed E-state index contributed by atoms with van der Waals surface area (Å²) in [6.07, 6.45) is 3.33. The van der Waals surface area contributed by atoms with Gasteiger partial charge in [0.2, 0.25) is 10.0 Å². The maximum Gasteiger partial charge on any atom is 0.338 e. The standard InChI is InChI=1S/C21H29N3O7S/c1-14-11-24(12-15(2)31-14)32(28,29)18-9-5-6-16(10-18)20(26)30-13-19(25)23-21(27)22-17-7-3-4-8-17/h5-6,9-10,14-15,17H,3-4,7-8,11-13H2,1-2H3,(H2,22,23,25,27). The monoisotopic (exact) mass is 467 g/mol. The Bertz CT molecular complexity index is 950. The molecular weight excluding hydrogens is 438 g/mol. The van der Waals surface area contributed by atoms with Crippen molar-refractivity contribution < 1.29 is 32.3 Å². The van der Waals surface area contributed by atoms with Crippen molar-refractivity contribution in [2.75, 3.05) is 19.7 Å². The quantitative estimate of drug-likeness (QED) is 0.605. The average Bonchev–Trinajstić information content (AvgIpc) is 3.24.